The first-order chi connectivity index (χ1) is 12.5. The molecule has 7 heteroatoms. The van der Waals surface area contributed by atoms with Crippen molar-refractivity contribution in [1.82, 2.24) is 9.88 Å². The summed E-state index contributed by atoms with van der Waals surface area (Å²) in [6, 6.07) is 6.92. The molecular weight excluding hydrogens is 370 g/mol. The van der Waals surface area contributed by atoms with Crippen molar-refractivity contribution in [3.63, 3.8) is 0 Å². The van der Waals surface area contributed by atoms with Gasteiger partial charge in [0.2, 0.25) is 0 Å². The number of carbonyl (C=O) groups is 1. The Labute approximate surface area is 163 Å². The standard InChI is InChI=1S/C19H24ClN3O2S/c1-13-7-14(2)9-23(8-13)10-16-12-26-19(21-16)22-18(24)11-25-17-5-3-15(20)4-6-17/h3-6,12-14H,7-11H2,1-2H3,(H,21,22,24)/t13-,14-/m1/s1. The molecule has 0 saturated carbocycles. The molecule has 0 aliphatic carbocycles. The Hall–Kier alpha value is -1.63. The number of carbonyl (C=O) groups excluding carboxylic acids is 1. The van der Waals surface area contributed by atoms with Crippen LogP contribution < -0.4 is 10.1 Å². The number of piperidine rings is 1. The van der Waals surface area contributed by atoms with Gasteiger partial charge in [0.25, 0.3) is 5.91 Å². The first-order valence-electron chi connectivity index (χ1n) is 8.83. The molecule has 2 aromatic rings. The van der Waals surface area contributed by atoms with Crippen LogP contribution in [0, 0.1) is 11.8 Å². The maximum absolute atomic E-state index is 12.0. The molecule has 1 amide bonds. The lowest BCUT2D eigenvalue weighted by Gasteiger charge is -2.34. The average Bonchev–Trinajstić information content (AvgIpc) is 3.00. The molecule has 1 aliphatic heterocycles. The summed E-state index contributed by atoms with van der Waals surface area (Å²) in [5.41, 5.74) is 1.00. The molecule has 140 valence electrons. The van der Waals surface area contributed by atoms with Crippen LogP contribution in [0.25, 0.3) is 0 Å². The monoisotopic (exact) mass is 393 g/mol. The zero-order valence-corrected chi connectivity index (χ0v) is 16.6. The molecule has 2 heterocycles. The molecule has 1 saturated heterocycles. The Bertz CT molecular complexity index is 725. The first-order valence-corrected chi connectivity index (χ1v) is 10.1. The molecule has 1 aromatic heterocycles. The van der Waals surface area contributed by atoms with Gasteiger partial charge in [0, 0.05) is 30.0 Å². The number of thiazole rings is 1. The molecule has 1 aliphatic rings. The van der Waals surface area contributed by atoms with E-state index in [4.69, 9.17) is 16.3 Å². The molecule has 3 rings (SSSR count). The topological polar surface area (TPSA) is 54.5 Å². The summed E-state index contributed by atoms with van der Waals surface area (Å²) in [5.74, 6) is 1.84. The van der Waals surface area contributed by atoms with E-state index in [1.54, 1.807) is 24.3 Å². The third kappa shape index (κ3) is 5.69. The number of benzene rings is 1. The lowest BCUT2D eigenvalue weighted by atomic mass is 9.92. The highest BCUT2D eigenvalue weighted by molar-refractivity contribution is 7.13. The van der Waals surface area contributed by atoms with Crippen molar-refractivity contribution >= 4 is 34.0 Å². The fourth-order valence-electron chi connectivity index (χ4n) is 3.42. The van der Waals surface area contributed by atoms with E-state index in [1.165, 1.54) is 17.8 Å². The highest BCUT2D eigenvalue weighted by Crippen LogP contribution is 2.24. The number of hydrogen-bond donors (Lipinski definition) is 1. The lowest BCUT2D eigenvalue weighted by molar-refractivity contribution is -0.118. The molecule has 0 bridgehead atoms. The normalized spacial score (nSPS) is 20.7. The number of ether oxygens (including phenoxy) is 1. The van der Waals surface area contributed by atoms with Crippen LogP contribution in [0.15, 0.2) is 29.6 Å². The third-order valence-electron chi connectivity index (χ3n) is 4.31. The highest BCUT2D eigenvalue weighted by atomic mass is 35.5. The summed E-state index contributed by atoms with van der Waals surface area (Å²) in [6.07, 6.45) is 1.29. The van der Waals surface area contributed by atoms with Gasteiger partial charge < -0.3 is 4.74 Å². The van der Waals surface area contributed by atoms with Gasteiger partial charge in [0.05, 0.1) is 5.69 Å². The minimum absolute atomic E-state index is 0.0578. The fourth-order valence-corrected chi connectivity index (χ4v) is 4.27. The molecule has 0 unspecified atom stereocenters. The quantitative estimate of drug-likeness (QED) is 0.795. The molecule has 26 heavy (non-hydrogen) atoms. The van der Waals surface area contributed by atoms with E-state index < -0.39 is 0 Å². The molecule has 2 atom stereocenters. The summed E-state index contributed by atoms with van der Waals surface area (Å²) >= 11 is 7.27. The SMILES string of the molecule is C[C@@H]1C[C@@H](C)CN(Cc2csc(NC(=O)COc3ccc(Cl)cc3)n2)C1. The molecule has 0 radical (unpaired) electrons. The number of hydrogen-bond acceptors (Lipinski definition) is 5. The van der Waals surface area contributed by atoms with E-state index in [9.17, 15) is 4.79 Å². The maximum atomic E-state index is 12.0. The van der Waals surface area contributed by atoms with Crippen LogP contribution in [0.4, 0.5) is 5.13 Å². The highest BCUT2D eigenvalue weighted by Gasteiger charge is 2.22. The van der Waals surface area contributed by atoms with Gasteiger partial charge in [-0.05, 0) is 42.5 Å². The van der Waals surface area contributed by atoms with Crippen LogP contribution in [-0.4, -0.2) is 35.5 Å². The maximum Gasteiger partial charge on any atom is 0.264 e. The molecule has 1 aromatic carbocycles. The van der Waals surface area contributed by atoms with Crippen LogP contribution in [0.2, 0.25) is 5.02 Å². The van der Waals surface area contributed by atoms with Crippen molar-refractivity contribution in [2.75, 3.05) is 25.0 Å². The predicted octanol–water partition coefficient (Wildman–Crippen LogP) is 4.29. The summed E-state index contributed by atoms with van der Waals surface area (Å²) in [5, 5.41) is 6.06. The number of amides is 1. The van der Waals surface area contributed by atoms with E-state index in [-0.39, 0.29) is 12.5 Å². The number of halogens is 1. The van der Waals surface area contributed by atoms with Crippen LogP contribution in [0.5, 0.6) is 5.75 Å². The van der Waals surface area contributed by atoms with Crippen LogP contribution >= 0.6 is 22.9 Å². The second kappa shape index (κ2) is 8.84. The number of nitrogens with one attached hydrogen (secondary N) is 1. The first kappa shape index (κ1) is 19.1. The van der Waals surface area contributed by atoms with E-state index >= 15 is 0 Å². The smallest absolute Gasteiger partial charge is 0.264 e. The van der Waals surface area contributed by atoms with Gasteiger partial charge in [0.1, 0.15) is 5.75 Å². The van der Waals surface area contributed by atoms with Crippen molar-refractivity contribution in [2.24, 2.45) is 11.8 Å². The number of likely N-dealkylation sites (tertiary alicyclic amines) is 1. The molecule has 5 nitrogen and oxygen atoms in total. The number of rotatable bonds is 6. The van der Waals surface area contributed by atoms with E-state index in [1.807, 2.05) is 5.38 Å². The van der Waals surface area contributed by atoms with Gasteiger partial charge in [0.15, 0.2) is 11.7 Å². The minimum atomic E-state index is -0.221. The average molecular weight is 394 g/mol. The van der Waals surface area contributed by atoms with Crippen molar-refractivity contribution in [2.45, 2.75) is 26.8 Å². The Morgan fingerprint density at radius 2 is 2.00 bits per heavy atom. The Kier molecular flexibility index (Phi) is 6.51. The number of nitrogens with zero attached hydrogens (tertiary/aromatic N) is 2. The minimum Gasteiger partial charge on any atom is -0.484 e. The summed E-state index contributed by atoms with van der Waals surface area (Å²) in [7, 11) is 0. The fraction of sp³-hybridized carbons (Fsp3) is 0.474. The number of anilines is 1. The van der Waals surface area contributed by atoms with Gasteiger partial charge in [-0.2, -0.15) is 0 Å². The molecule has 0 spiro atoms. The summed E-state index contributed by atoms with van der Waals surface area (Å²) in [6.45, 7) is 7.60. The van der Waals surface area contributed by atoms with E-state index in [0.29, 0.717) is 15.9 Å². The van der Waals surface area contributed by atoms with Crippen molar-refractivity contribution in [1.29, 1.82) is 0 Å². The van der Waals surface area contributed by atoms with Gasteiger partial charge in [-0.3, -0.25) is 15.0 Å². The van der Waals surface area contributed by atoms with E-state index in [0.717, 1.165) is 37.2 Å². The summed E-state index contributed by atoms with van der Waals surface area (Å²) < 4.78 is 5.44. The largest absolute Gasteiger partial charge is 0.484 e. The van der Waals surface area contributed by atoms with Crippen LogP contribution in [0.1, 0.15) is 26.0 Å². The third-order valence-corrected chi connectivity index (χ3v) is 5.37. The van der Waals surface area contributed by atoms with Crippen molar-refractivity contribution in [3.05, 3.63) is 40.4 Å². The zero-order chi connectivity index (χ0) is 18.5. The molecule has 1 fully saturated rings. The van der Waals surface area contributed by atoms with Gasteiger partial charge in [-0.25, -0.2) is 4.98 Å². The van der Waals surface area contributed by atoms with Gasteiger partial charge >= 0.3 is 0 Å². The van der Waals surface area contributed by atoms with Crippen LogP contribution in [-0.2, 0) is 11.3 Å². The Morgan fingerprint density at radius 1 is 1.31 bits per heavy atom. The second-order valence-corrected chi connectivity index (χ2v) is 8.37. The van der Waals surface area contributed by atoms with Crippen molar-refractivity contribution < 1.29 is 9.53 Å². The van der Waals surface area contributed by atoms with Gasteiger partial charge in [-0.15, -0.1) is 11.3 Å². The Balaban J connectivity index is 1.46. The lowest BCUT2D eigenvalue weighted by Crippen LogP contribution is -2.38. The van der Waals surface area contributed by atoms with Crippen molar-refractivity contribution in [3.8, 4) is 5.75 Å². The number of aromatic nitrogens is 1. The predicted molar refractivity (Wildman–Crippen MR) is 106 cm³/mol. The van der Waals surface area contributed by atoms with Crippen LogP contribution in [0.3, 0.4) is 0 Å². The second-order valence-electron chi connectivity index (χ2n) is 7.07. The summed E-state index contributed by atoms with van der Waals surface area (Å²) in [4.78, 5) is 19.0. The van der Waals surface area contributed by atoms with E-state index in [2.05, 4.69) is 29.0 Å². The van der Waals surface area contributed by atoms with Gasteiger partial charge in [-0.1, -0.05) is 25.4 Å². The Morgan fingerprint density at radius 3 is 2.69 bits per heavy atom. The zero-order valence-electron chi connectivity index (χ0n) is 15.1. The molecule has 1 N–H and O–H groups in total. The molecular formula is C19H24ClN3O2S.